The Morgan fingerprint density at radius 3 is 2.78 bits per heavy atom. The number of anilines is 1. The number of hydrogen-bond donors (Lipinski definition) is 1. The molecule has 0 aromatic carbocycles. The first kappa shape index (κ1) is 19.7. The van der Waals surface area contributed by atoms with Crippen LogP contribution in [0.1, 0.15) is 17.1 Å². The number of aryl methyl sites for hydroxylation is 2. The van der Waals surface area contributed by atoms with Crippen LogP contribution in [-0.4, -0.2) is 68.1 Å². The Balaban J connectivity index is 1.81. The Labute approximate surface area is 159 Å². The van der Waals surface area contributed by atoms with Crippen molar-refractivity contribution in [1.29, 1.82) is 0 Å². The molecule has 1 saturated heterocycles. The van der Waals surface area contributed by atoms with Crippen LogP contribution in [0.4, 0.5) is 5.82 Å². The molecule has 148 valence electrons. The van der Waals surface area contributed by atoms with Gasteiger partial charge in [-0.3, -0.25) is 0 Å². The topological polar surface area (TPSA) is 104 Å². The van der Waals surface area contributed by atoms with Gasteiger partial charge in [-0.1, -0.05) is 5.16 Å². The lowest BCUT2D eigenvalue weighted by molar-refractivity contribution is 0.370. The summed E-state index contributed by atoms with van der Waals surface area (Å²) in [6.07, 6.45) is 2.22. The Bertz CT molecular complexity index is 876. The van der Waals surface area contributed by atoms with E-state index in [1.165, 1.54) is 4.31 Å². The van der Waals surface area contributed by atoms with Gasteiger partial charge in [0.05, 0.1) is 0 Å². The Kier molecular flexibility index (Phi) is 5.78. The Hall–Kier alpha value is -2.04. The summed E-state index contributed by atoms with van der Waals surface area (Å²) in [4.78, 5) is 10.7. The van der Waals surface area contributed by atoms with Gasteiger partial charge in [-0.05, 0) is 32.7 Å². The van der Waals surface area contributed by atoms with Crippen molar-refractivity contribution in [2.75, 3.05) is 45.2 Å². The molecule has 1 unspecified atom stereocenters. The summed E-state index contributed by atoms with van der Waals surface area (Å²) < 4.78 is 32.9. The number of hydrogen-bond acceptors (Lipinski definition) is 8. The van der Waals surface area contributed by atoms with Crippen LogP contribution in [0.5, 0.6) is 0 Å². The number of rotatable bonds is 5. The van der Waals surface area contributed by atoms with Gasteiger partial charge in [0, 0.05) is 45.5 Å². The second-order valence-corrected chi connectivity index (χ2v) is 8.93. The van der Waals surface area contributed by atoms with Crippen molar-refractivity contribution in [2.24, 2.45) is 5.92 Å². The van der Waals surface area contributed by atoms with Crippen LogP contribution in [0, 0.1) is 19.8 Å². The Morgan fingerprint density at radius 2 is 2.11 bits per heavy atom. The average molecular weight is 395 g/mol. The molecule has 2 aromatic heterocycles. The maximum absolute atomic E-state index is 13.2. The second-order valence-electron chi connectivity index (χ2n) is 7.05. The molecular weight excluding hydrogens is 368 g/mol. The third-order valence-electron chi connectivity index (χ3n) is 4.66. The predicted octanol–water partition coefficient (Wildman–Crippen LogP) is 0.600. The first-order chi connectivity index (χ1) is 12.8. The van der Waals surface area contributed by atoms with E-state index in [1.807, 2.05) is 25.1 Å². The first-order valence-electron chi connectivity index (χ1n) is 8.91. The summed E-state index contributed by atoms with van der Waals surface area (Å²) in [5, 5.41) is 7.13. The van der Waals surface area contributed by atoms with Crippen molar-refractivity contribution in [3.8, 4) is 0 Å². The molecule has 3 rings (SSSR count). The van der Waals surface area contributed by atoms with E-state index in [0.29, 0.717) is 37.5 Å². The van der Waals surface area contributed by atoms with Gasteiger partial charge in [0.1, 0.15) is 22.7 Å². The summed E-state index contributed by atoms with van der Waals surface area (Å²) >= 11 is 0. The van der Waals surface area contributed by atoms with Gasteiger partial charge in [0.15, 0.2) is 5.76 Å². The fourth-order valence-electron chi connectivity index (χ4n) is 3.32. The summed E-state index contributed by atoms with van der Waals surface area (Å²) in [7, 11) is 0.202. The highest BCUT2D eigenvalue weighted by atomic mass is 32.2. The lowest BCUT2D eigenvalue weighted by Gasteiger charge is -2.23. The summed E-state index contributed by atoms with van der Waals surface area (Å²) in [6, 6.07) is 1.94. The number of sulfonamides is 1. The molecular formula is C17H26N6O3S. The lowest BCUT2D eigenvalue weighted by Crippen LogP contribution is -2.37. The molecule has 0 spiro atoms. The molecule has 27 heavy (non-hydrogen) atoms. The van der Waals surface area contributed by atoms with E-state index in [2.05, 4.69) is 20.4 Å². The third kappa shape index (κ3) is 4.28. The first-order valence-corrected chi connectivity index (χ1v) is 10.3. The maximum Gasteiger partial charge on any atom is 0.248 e. The standard InChI is InChI=1S/C17H26N6O3S/c1-12-17(13(2)26-21-12)27(24,25)23-6-5-18-9-14(10-23)7-15-8-16(22(3)4)20-11-19-15/h8,11,14,18H,5-7,9-10H2,1-4H3. The van der Waals surface area contributed by atoms with Gasteiger partial charge >= 0.3 is 0 Å². The molecule has 1 aliphatic heterocycles. The molecule has 10 heteroatoms. The molecule has 2 aromatic rings. The summed E-state index contributed by atoms with van der Waals surface area (Å²) in [5.41, 5.74) is 1.30. The second kappa shape index (κ2) is 7.91. The number of nitrogens with zero attached hydrogens (tertiary/aromatic N) is 5. The van der Waals surface area contributed by atoms with E-state index in [9.17, 15) is 8.42 Å². The normalized spacial score (nSPS) is 19.0. The van der Waals surface area contributed by atoms with Crippen LogP contribution >= 0.6 is 0 Å². The maximum atomic E-state index is 13.2. The Morgan fingerprint density at radius 1 is 1.33 bits per heavy atom. The molecule has 0 amide bonds. The molecule has 0 bridgehead atoms. The monoisotopic (exact) mass is 394 g/mol. The smallest absolute Gasteiger partial charge is 0.248 e. The molecule has 9 nitrogen and oxygen atoms in total. The highest BCUT2D eigenvalue weighted by Gasteiger charge is 2.33. The largest absolute Gasteiger partial charge is 0.363 e. The minimum absolute atomic E-state index is 0.104. The molecule has 0 aliphatic carbocycles. The van der Waals surface area contributed by atoms with Gasteiger partial charge in [0.2, 0.25) is 10.0 Å². The van der Waals surface area contributed by atoms with E-state index in [4.69, 9.17) is 4.52 Å². The van der Waals surface area contributed by atoms with Crippen LogP contribution in [0.15, 0.2) is 21.8 Å². The summed E-state index contributed by atoms with van der Waals surface area (Å²) in [6.45, 7) is 5.45. The average Bonchev–Trinajstić information content (AvgIpc) is 2.82. The van der Waals surface area contributed by atoms with E-state index in [0.717, 1.165) is 18.1 Å². The zero-order valence-corrected chi connectivity index (χ0v) is 17.0. The molecule has 3 heterocycles. The van der Waals surface area contributed by atoms with Gasteiger partial charge in [0.25, 0.3) is 0 Å². The molecule has 1 atom stereocenters. The van der Waals surface area contributed by atoms with Gasteiger partial charge in [-0.2, -0.15) is 4.31 Å². The third-order valence-corrected chi connectivity index (χ3v) is 6.77. The highest BCUT2D eigenvalue weighted by Crippen LogP contribution is 2.25. The fourth-order valence-corrected chi connectivity index (χ4v) is 5.13. The van der Waals surface area contributed by atoms with E-state index in [1.54, 1.807) is 20.2 Å². The minimum Gasteiger partial charge on any atom is -0.363 e. The van der Waals surface area contributed by atoms with Crippen LogP contribution in [0.2, 0.25) is 0 Å². The van der Waals surface area contributed by atoms with Crippen LogP contribution in [-0.2, 0) is 16.4 Å². The van der Waals surface area contributed by atoms with Crippen molar-refractivity contribution in [2.45, 2.75) is 25.2 Å². The van der Waals surface area contributed by atoms with E-state index >= 15 is 0 Å². The highest BCUT2D eigenvalue weighted by molar-refractivity contribution is 7.89. The molecule has 0 radical (unpaired) electrons. The van der Waals surface area contributed by atoms with Crippen molar-refractivity contribution >= 4 is 15.8 Å². The molecule has 0 saturated carbocycles. The van der Waals surface area contributed by atoms with E-state index < -0.39 is 10.0 Å². The van der Waals surface area contributed by atoms with E-state index in [-0.39, 0.29) is 10.8 Å². The van der Waals surface area contributed by atoms with Crippen molar-refractivity contribution in [3.63, 3.8) is 0 Å². The molecule has 1 fully saturated rings. The lowest BCUT2D eigenvalue weighted by atomic mass is 10.0. The molecule has 1 N–H and O–H groups in total. The van der Waals surface area contributed by atoms with Gasteiger partial charge in [-0.25, -0.2) is 18.4 Å². The molecule has 1 aliphatic rings. The quantitative estimate of drug-likeness (QED) is 0.786. The zero-order valence-electron chi connectivity index (χ0n) is 16.1. The summed E-state index contributed by atoms with van der Waals surface area (Å²) in [5.74, 6) is 1.27. The van der Waals surface area contributed by atoms with Crippen LogP contribution < -0.4 is 10.2 Å². The number of aromatic nitrogens is 3. The predicted molar refractivity (Wildman–Crippen MR) is 101 cm³/mol. The zero-order chi connectivity index (χ0) is 19.6. The minimum atomic E-state index is -3.65. The van der Waals surface area contributed by atoms with Crippen molar-refractivity contribution in [3.05, 3.63) is 29.5 Å². The van der Waals surface area contributed by atoms with Crippen LogP contribution in [0.25, 0.3) is 0 Å². The van der Waals surface area contributed by atoms with Gasteiger partial charge < -0.3 is 14.7 Å². The van der Waals surface area contributed by atoms with Crippen molar-refractivity contribution in [1.82, 2.24) is 24.7 Å². The van der Waals surface area contributed by atoms with Gasteiger partial charge in [-0.15, -0.1) is 0 Å². The SMILES string of the molecule is Cc1noc(C)c1S(=O)(=O)N1CCNCC(Cc2cc(N(C)C)ncn2)C1. The fraction of sp³-hybridized carbons (Fsp3) is 0.588. The number of nitrogens with one attached hydrogen (secondary N) is 1. The van der Waals surface area contributed by atoms with Crippen molar-refractivity contribution < 1.29 is 12.9 Å². The van der Waals surface area contributed by atoms with Crippen LogP contribution in [0.3, 0.4) is 0 Å².